The Bertz CT molecular complexity index is 1410. The van der Waals surface area contributed by atoms with Crippen LogP contribution in [0.25, 0.3) is 17.0 Å². The molecule has 0 amide bonds. The first kappa shape index (κ1) is 19.6. The van der Waals surface area contributed by atoms with Crippen LogP contribution in [0.5, 0.6) is 11.5 Å². The number of esters is 1. The second kappa shape index (κ2) is 7.41. The molecule has 1 aliphatic heterocycles. The Morgan fingerprint density at radius 2 is 1.94 bits per heavy atom. The summed E-state index contributed by atoms with van der Waals surface area (Å²) in [6.45, 7) is 3.75. The lowest BCUT2D eigenvalue weighted by Crippen LogP contribution is -2.07. The summed E-state index contributed by atoms with van der Waals surface area (Å²) in [4.78, 5) is 26.4. The van der Waals surface area contributed by atoms with Crippen molar-refractivity contribution in [1.29, 1.82) is 0 Å². The van der Waals surface area contributed by atoms with Gasteiger partial charge in [-0.15, -0.1) is 11.3 Å². The Morgan fingerprint density at radius 3 is 2.71 bits per heavy atom. The molecule has 0 radical (unpaired) electrons. The predicted octanol–water partition coefficient (Wildman–Crippen LogP) is 6.60. The van der Waals surface area contributed by atoms with Crippen LogP contribution in [0.4, 0.5) is 0 Å². The topological polar surface area (TPSA) is 65.7 Å². The molecule has 5 rings (SSSR count). The highest BCUT2D eigenvalue weighted by Crippen LogP contribution is 2.38. The fourth-order valence-corrected chi connectivity index (χ4v) is 4.49. The molecule has 0 unspecified atom stereocenters. The molecule has 3 heterocycles. The third-order valence-corrected chi connectivity index (χ3v) is 6.20. The zero-order chi connectivity index (χ0) is 21.7. The van der Waals surface area contributed by atoms with Crippen molar-refractivity contribution < 1.29 is 23.5 Å². The summed E-state index contributed by atoms with van der Waals surface area (Å²) in [7, 11) is 0. The summed E-state index contributed by atoms with van der Waals surface area (Å²) in [6, 6.07) is 11.8. The molecule has 0 atom stereocenters. The third-order valence-electron chi connectivity index (χ3n) is 5.00. The molecule has 2 aromatic carbocycles. The molecule has 31 heavy (non-hydrogen) atoms. The summed E-state index contributed by atoms with van der Waals surface area (Å²) in [5, 5.41) is 3.21. The van der Waals surface area contributed by atoms with Gasteiger partial charge >= 0.3 is 5.97 Å². The quantitative estimate of drug-likeness (QED) is 0.200. The van der Waals surface area contributed by atoms with E-state index in [0.29, 0.717) is 32.9 Å². The molecular formula is C24H15ClO5S. The standard InChI is InChI=1S/C24H15ClO5S/c1-12-5-6-31-21(12)11-19-23(26)22-13(2)7-16(10-18(22)30-19)28-24(27)20-9-14-8-15(25)3-4-17(14)29-20/h3-11H,1-2H3/b19-11-. The molecule has 0 spiro atoms. The van der Waals surface area contributed by atoms with Crippen molar-refractivity contribution in [2.75, 3.05) is 0 Å². The minimum Gasteiger partial charge on any atom is -0.452 e. The first-order valence-electron chi connectivity index (χ1n) is 9.43. The van der Waals surface area contributed by atoms with E-state index in [1.165, 1.54) is 11.3 Å². The maximum atomic E-state index is 12.8. The van der Waals surface area contributed by atoms with E-state index in [1.807, 2.05) is 18.4 Å². The second-order valence-electron chi connectivity index (χ2n) is 7.20. The van der Waals surface area contributed by atoms with Gasteiger partial charge in [-0.25, -0.2) is 4.79 Å². The van der Waals surface area contributed by atoms with Crippen molar-refractivity contribution >= 4 is 51.7 Å². The molecule has 7 heteroatoms. The molecule has 1 aliphatic rings. The first-order chi connectivity index (χ1) is 14.9. The van der Waals surface area contributed by atoms with E-state index in [-0.39, 0.29) is 23.1 Å². The number of thiophene rings is 1. The van der Waals surface area contributed by atoms with Crippen LogP contribution in [0, 0.1) is 13.8 Å². The van der Waals surface area contributed by atoms with Gasteiger partial charge in [-0.1, -0.05) is 11.6 Å². The van der Waals surface area contributed by atoms with Gasteiger partial charge in [0.1, 0.15) is 17.1 Å². The Hall–Kier alpha value is -3.35. The summed E-state index contributed by atoms with van der Waals surface area (Å²) in [5.74, 6) is 0.0986. The Labute approximate surface area is 186 Å². The van der Waals surface area contributed by atoms with Crippen molar-refractivity contribution in [3.8, 4) is 11.5 Å². The van der Waals surface area contributed by atoms with Gasteiger partial charge in [-0.2, -0.15) is 0 Å². The Kier molecular flexibility index (Phi) is 4.68. The normalized spacial score (nSPS) is 14.2. The average molecular weight is 451 g/mol. The molecule has 0 saturated heterocycles. The van der Waals surface area contributed by atoms with E-state index in [9.17, 15) is 9.59 Å². The molecule has 0 saturated carbocycles. The number of fused-ring (bicyclic) bond motifs is 2. The summed E-state index contributed by atoms with van der Waals surface area (Å²) < 4.78 is 16.9. The van der Waals surface area contributed by atoms with E-state index in [2.05, 4.69) is 0 Å². The molecule has 0 N–H and O–H groups in total. The van der Waals surface area contributed by atoms with Gasteiger partial charge in [-0.05, 0) is 66.8 Å². The van der Waals surface area contributed by atoms with Crippen LogP contribution >= 0.6 is 22.9 Å². The third kappa shape index (κ3) is 3.54. The number of carbonyl (C=O) groups is 2. The van der Waals surface area contributed by atoms with Crippen molar-refractivity contribution in [2.24, 2.45) is 0 Å². The minimum atomic E-state index is -0.652. The molecule has 5 nitrogen and oxygen atoms in total. The molecule has 0 bridgehead atoms. The number of hydrogen-bond donors (Lipinski definition) is 0. The van der Waals surface area contributed by atoms with E-state index in [0.717, 1.165) is 10.4 Å². The van der Waals surface area contributed by atoms with Gasteiger partial charge in [0, 0.05) is 27.4 Å². The predicted molar refractivity (Wildman–Crippen MR) is 119 cm³/mol. The number of hydrogen-bond acceptors (Lipinski definition) is 6. The summed E-state index contributed by atoms with van der Waals surface area (Å²) >= 11 is 7.52. The smallest absolute Gasteiger partial charge is 0.379 e. The molecule has 0 fully saturated rings. The maximum Gasteiger partial charge on any atom is 0.379 e. The Morgan fingerprint density at radius 1 is 1.10 bits per heavy atom. The summed E-state index contributed by atoms with van der Waals surface area (Å²) in [5.41, 5.74) is 2.74. The van der Waals surface area contributed by atoms with E-state index in [1.54, 1.807) is 49.4 Å². The van der Waals surface area contributed by atoms with Crippen molar-refractivity contribution in [2.45, 2.75) is 13.8 Å². The summed E-state index contributed by atoms with van der Waals surface area (Å²) in [6.07, 6.45) is 1.74. The van der Waals surface area contributed by atoms with Gasteiger partial charge in [0.15, 0.2) is 5.76 Å². The first-order valence-corrected chi connectivity index (χ1v) is 10.7. The fraction of sp³-hybridized carbons (Fsp3) is 0.0833. The van der Waals surface area contributed by atoms with Crippen LogP contribution in [-0.4, -0.2) is 11.8 Å². The number of benzene rings is 2. The number of allylic oxidation sites excluding steroid dienone is 1. The number of furan rings is 1. The van der Waals surface area contributed by atoms with Crippen LogP contribution < -0.4 is 9.47 Å². The monoisotopic (exact) mass is 450 g/mol. The number of carbonyl (C=O) groups excluding carboxylic acids is 2. The van der Waals surface area contributed by atoms with Crippen LogP contribution in [0.15, 0.2) is 58.0 Å². The van der Waals surface area contributed by atoms with Crippen LogP contribution in [0.1, 0.15) is 36.9 Å². The van der Waals surface area contributed by atoms with Crippen molar-refractivity contribution in [3.63, 3.8) is 0 Å². The van der Waals surface area contributed by atoms with E-state index < -0.39 is 5.97 Å². The lowest BCUT2D eigenvalue weighted by molar-refractivity contribution is 0.0703. The van der Waals surface area contributed by atoms with Crippen LogP contribution in [-0.2, 0) is 0 Å². The minimum absolute atomic E-state index is 0.0566. The number of rotatable bonds is 3. The van der Waals surface area contributed by atoms with Gasteiger partial charge in [0.05, 0.1) is 5.56 Å². The van der Waals surface area contributed by atoms with E-state index >= 15 is 0 Å². The molecule has 2 aromatic heterocycles. The van der Waals surface area contributed by atoms with Gasteiger partial charge in [0.2, 0.25) is 11.5 Å². The number of aryl methyl sites for hydroxylation is 2. The highest BCUT2D eigenvalue weighted by Gasteiger charge is 2.30. The molecule has 4 aromatic rings. The number of ether oxygens (including phenoxy) is 2. The van der Waals surface area contributed by atoms with E-state index in [4.69, 9.17) is 25.5 Å². The zero-order valence-electron chi connectivity index (χ0n) is 16.5. The number of Topliss-reactive ketones (excluding diaryl/α,β-unsaturated/α-hetero) is 1. The zero-order valence-corrected chi connectivity index (χ0v) is 18.1. The number of ketones is 1. The lowest BCUT2D eigenvalue weighted by atomic mass is 10.0. The Balaban J connectivity index is 1.42. The van der Waals surface area contributed by atoms with Crippen LogP contribution in [0.3, 0.4) is 0 Å². The second-order valence-corrected chi connectivity index (χ2v) is 8.59. The highest BCUT2D eigenvalue weighted by atomic mass is 35.5. The van der Waals surface area contributed by atoms with Crippen molar-refractivity contribution in [3.05, 3.63) is 86.0 Å². The largest absolute Gasteiger partial charge is 0.452 e. The van der Waals surface area contributed by atoms with Crippen LogP contribution in [0.2, 0.25) is 5.02 Å². The fourth-order valence-electron chi connectivity index (χ4n) is 3.46. The highest BCUT2D eigenvalue weighted by molar-refractivity contribution is 7.11. The molecular weight excluding hydrogens is 436 g/mol. The van der Waals surface area contributed by atoms with Gasteiger partial charge < -0.3 is 13.9 Å². The van der Waals surface area contributed by atoms with Crippen molar-refractivity contribution in [1.82, 2.24) is 0 Å². The number of halogens is 1. The molecule has 0 aliphatic carbocycles. The lowest BCUT2D eigenvalue weighted by Gasteiger charge is -2.06. The SMILES string of the molecule is Cc1ccsc1/C=C1\Oc2cc(OC(=O)c3cc4cc(Cl)ccc4o3)cc(C)c2C1=O. The van der Waals surface area contributed by atoms with Gasteiger partial charge in [0.25, 0.3) is 0 Å². The molecule has 154 valence electrons. The maximum absolute atomic E-state index is 12.8. The van der Waals surface area contributed by atoms with Gasteiger partial charge in [-0.3, -0.25) is 4.79 Å². The average Bonchev–Trinajstić information content (AvgIpc) is 3.40.